The van der Waals surface area contributed by atoms with Gasteiger partial charge in [0.15, 0.2) is 0 Å². The Balaban J connectivity index is 1.66. The smallest absolute Gasteiger partial charge is 0.308 e. The van der Waals surface area contributed by atoms with Gasteiger partial charge in [0.2, 0.25) is 5.91 Å². The second kappa shape index (κ2) is 7.74. The van der Waals surface area contributed by atoms with Gasteiger partial charge in [0.1, 0.15) is 5.75 Å². The summed E-state index contributed by atoms with van der Waals surface area (Å²) in [7, 11) is 1.63. The molecule has 1 heterocycles. The van der Waals surface area contributed by atoms with E-state index < -0.39 is 0 Å². The summed E-state index contributed by atoms with van der Waals surface area (Å²) < 4.78 is 7.79. The van der Waals surface area contributed by atoms with E-state index in [0.29, 0.717) is 12.8 Å². The second-order valence-corrected chi connectivity index (χ2v) is 7.40. The number of carbonyl (C=O) groups is 1. The highest BCUT2D eigenvalue weighted by molar-refractivity contribution is 7.16. The van der Waals surface area contributed by atoms with Gasteiger partial charge in [0.05, 0.1) is 17.3 Å². The zero-order valence-corrected chi connectivity index (χ0v) is 15.9. The van der Waals surface area contributed by atoms with E-state index in [0.717, 1.165) is 27.2 Å². The Bertz CT molecular complexity index is 971. The van der Waals surface area contributed by atoms with Gasteiger partial charge >= 0.3 is 4.87 Å². The molecule has 1 N–H and O–H groups in total. The van der Waals surface area contributed by atoms with Gasteiger partial charge in [-0.15, -0.1) is 0 Å². The van der Waals surface area contributed by atoms with Crippen LogP contribution in [0, 0.1) is 0 Å². The number of ether oxygens (including phenoxy) is 1. The molecule has 0 aliphatic heterocycles. The molecule has 0 aliphatic rings. The number of fused-ring (bicyclic) bond motifs is 1. The number of benzene rings is 2. The molecule has 0 spiro atoms. The molecule has 6 heteroatoms. The second-order valence-electron chi connectivity index (χ2n) is 6.41. The van der Waals surface area contributed by atoms with Crippen LogP contribution in [0.4, 0.5) is 5.69 Å². The fourth-order valence-electron chi connectivity index (χ4n) is 2.88. The molecule has 1 aromatic heterocycles. The number of rotatable bonds is 6. The summed E-state index contributed by atoms with van der Waals surface area (Å²) in [6, 6.07) is 13.4. The minimum absolute atomic E-state index is 0.0259. The van der Waals surface area contributed by atoms with Crippen molar-refractivity contribution in [3.63, 3.8) is 0 Å². The van der Waals surface area contributed by atoms with Crippen molar-refractivity contribution in [2.24, 2.45) is 0 Å². The lowest BCUT2D eigenvalue weighted by Gasteiger charge is -2.09. The quantitative estimate of drug-likeness (QED) is 0.706. The summed E-state index contributed by atoms with van der Waals surface area (Å²) in [6.45, 7) is 3.98. The highest BCUT2D eigenvalue weighted by Gasteiger charge is 2.11. The number of anilines is 1. The summed E-state index contributed by atoms with van der Waals surface area (Å²) in [5, 5.41) is 2.92. The van der Waals surface area contributed by atoms with Crippen LogP contribution < -0.4 is 14.9 Å². The van der Waals surface area contributed by atoms with E-state index in [-0.39, 0.29) is 16.8 Å². The van der Waals surface area contributed by atoms with Crippen molar-refractivity contribution in [3.05, 3.63) is 57.7 Å². The van der Waals surface area contributed by atoms with E-state index in [1.165, 1.54) is 11.3 Å². The van der Waals surface area contributed by atoms with Crippen LogP contribution in [0.15, 0.2) is 47.3 Å². The molecule has 136 valence electrons. The van der Waals surface area contributed by atoms with Crippen LogP contribution in [0.5, 0.6) is 5.75 Å². The number of thiazole rings is 1. The summed E-state index contributed by atoms with van der Waals surface area (Å²) in [5.74, 6) is 0.759. The van der Waals surface area contributed by atoms with Gasteiger partial charge in [-0.25, -0.2) is 0 Å². The predicted octanol–water partition coefficient (Wildman–Crippen LogP) is 4.22. The normalized spacial score (nSPS) is 11.1. The van der Waals surface area contributed by atoms with Crippen LogP contribution in [0.2, 0.25) is 0 Å². The molecule has 0 radical (unpaired) electrons. The Hall–Kier alpha value is -2.60. The Morgan fingerprint density at radius 2 is 1.92 bits per heavy atom. The molecular weight excluding hydrogens is 348 g/mol. The lowest BCUT2D eigenvalue weighted by molar-refractivity contribution is -0.116. The van der Waals surface area contributed by atoms with Crippen LogP contribution in [-0.2, 0) is 11.2 Å². The van der Waals surface area contributed by atoms with E-state index >= 15 is 0 Å². The largest absolute Gasteiger partial charge is 0.497 e. The minimum atomic E-state index is -0.0455. The lowest BCUT2D eigenvalue weighted by Crippen LogP contribution is -2.14. The van der Waals surface area contributed by atoms with E-state index in [1.54, 1.807) is 11.7 Å². The van der Waals surface area contributed by atoms with Gasteiger partial charge in [-0.1, -0.05) is 23.5 Å². The third-order valence-corrected chi connectivity index (χ3v) is 5.13. The number of nitrogens with one attached hydrogen (secondary N) is 1. The first-order valence-electron chi connectivity index (χ1n) is 8.56. The van der Waals surface area contributed by atoms with E-state index in [1.807, 2.05) is 56.3 Å². The average molecular weight is 370 g/mol. The summed E-state index contributed by atoms with van der Waals surface area (Å²) >= 11 is 1.21. The standard InChI is InChI=1S/C20H22N2O3S/c1-13(2)22-17-10-7-15(12-18(17)26-20(22)24)21-19(23)11-6-14-4-8-16(25-3)9-5-14/h4-5,7-10,12-13H,6,11H2,1-3H3,(H,21,23). The SMILES string of the molecule is COc1ccc(CCC(=O)Nc2ccc3c(c2)sc(=O)n3C(C)C)cc1. The molecule has 5 nitrogen and oxygen atoms in total. The molecule has 26 heavy (non-hydrogen) atoms. The lowest BCUT2D eigenvalue weighted by atomic mass is 10.1. The van der Waals surface area contributed by atoms with E-state index in [4.69, 9.17) is 4.74 Å². The Morgan fingerprint density at radius 1 is 1.19 bits per heavy atom. The van der Waals surface area contributed by atoms with Gasteiger partial charge in [-0.2, -0.15) is 0 Å². The maximum Gasteiger partial charge on any atom is 0.308 e. The monoisotopic (exact) mass is 370 g/mol. The van der Waals surface area contributed by atoms with Gasteiger partial charge < -0.3 is 10.1 Å². The maximum absolute atomic E-state index is 12.2. The first-order chi connectivity index (χ1) is 12.5. The zero-order valence-electron chi connectivity index (χ0n) is 15.1. The molecule has 0 unspecified atom stereocenters. The molecule has 0 aliphatic carbocycles. The van der Waals surface area contributed by atoms with E-state index in [2.05, 4.69) is 5.32 Å². The van der Waals surface area contributed by atoms with E-state index in [9.17, 15) is 9.59 Å². The van der Waals surface area contributed by atoms with Crippen LogP contribution in [0.1, 0.15) is 31.9 Å². The number of nitrogens with zero attached hydrogens (tertiary/aromatic N) is 1. The van der Waals surface area contributed by atoms with Crippen LogP contribution in [0.3, 0.4) is 0 Å². The van der Waals surface area contributed by atoms with Crippen LogP contribution in [0.25, 0.3) is 10.2 Å². The van der Waals surface area contributed by atoms with Crippen LogP contribution in [-0.4, -0.2) is 17.6 Å². The van der Waals surface area contributed by atoms with Crippen molar-refractivity contribution in [3.8, 4) is 5.75 Å². The zero-order chi connectivity index (χ0) is 18.7. The number of methoxy groups -OCH3 is 1. The molecule has 0 saturated carbocycles. The maximum atomic E-state index is 12.2. The van der Waals surface area contributed by atoms with Crippen molar-refractivity contribution in [2.75, 3.05) is 12.4 Å². The molecule has 1 amide bonds. The molecule has 0 fully saturated rings. The molecule has 3 rings (SSSR count). The first-order valence-corrected chi connectivity index (χ1v) is 9.37. The highest BCUT2D eigenvalue weighted by Crippen LogP contribution is 2.24. The highest BCUT2D eigenvalue weighted by atomic mass is 32.1. The molecule has 0 bridgehead atoms. The Labute approximate surface area is 156 Å². The molecule has 0 saturated heterocycles. The molecule has 0 atom stereocenters. The fraction of sp³-hybridized carbons (Fsp3) is 0.300. The van der Waals surface area contributed by atoms with Gasteiger partial charge in [-0.05, 0) is 56.2 Å². The fourth-order valence-corrected chi connectivity index (χ4v) is 3.93. The molecule has 2 aromatic carbocycles. The van der Waals surface area contributed by atoms with Gasteiger partial charge in [-0.3, -0.25) is 14.2 Å². The van der Waals surface area contributed by atoms with Crippen LogP contribution >= 0.6 is 11.3 Å². The van der Waals surface area contributed by atoms with Gasteiger partial charge in [0.25, 0.3) is 0 Å². The number of hydrogen-bond acceptors (Lipinski definition) is 4. The topological polar surface area (TPSA) is 60.3 Å². The van der Waals surface area contributed by atoms with Crippen molar-refractivity contribution >= 4 is 33.1 Å². The Morgan fingerprint density at radius 3 is 2.58 bits per heavy atom. The van der Waals surface area contributed by atoms with Crippen molar-refractivity contribution < 1.29 is 9.53 Å². The minimum Gasteiger partial charge on any atom is -0.497 e. The average Bonchev–Trinajstić information content (AvgIpc) is 2.95. The summed E-state index contributed by atoms with van der Waals surface area (Å²) in [6.07, 6.45) is 1.06. The first kappa shape index (κ1) is 18.2. The predicted molar refractivity (Wildman–Crippen MR) is 106 cm³/mol. The number of carbonyl (C=O) groups excluding carboxylic acids is 1. The number of aryl methyl sites for hydroxylation is 1. The summed E-state index contributed by atoms with van der Waals surface area (Å²) in [4.78, 5) is 24.4. The number of aromatic nitrogens is 1. The van der Waals surface area contributed by atoms with Crippen molar-refractivity contribution in [1.29, 1.82) is 0 Å². The molecular formula is C20H22N2O3S. The van der Waals surface area contributed by atoms with Crippen molar-refractivity contribution in [1.82, 2.24) is 4.57 Å². The number of amides is 1. The molecule has 3 aromatic rings. The summed E-state index contributed by atoms with van der Waals surface area (Å²) in [5.41, 5.74) is 2.71. The van der Waals surface area contributed by atoms with Gasteiger partial charge in [0, 0.05) is 18.2 Å². The van der Waals surface area contributed by atoms with Crippen molar-refractivity contribution in [2.45, 2.75) is 32.7 Å². The number of hydrogen-bond donors (Lipinski definition) is 1. The third kappa shape index (κ3) is 3.96. The Kier molecular flexibility index (Phi) is 5.42. The third-order valence-electron chi connectivity index (χ3n) is 4.21.